The maximum Gasteiger partial charge on any atom is 0.0942 e. The van der Waals surface area contributed by atoms with Crippen molar-refractivity contribution < 1.29 is 5.11 Å². The monoisotopic (exact) mass is 191 g/mol. The molecule has 14 heavy (non-hydrogen) atoms. The zero-order chi connectivity index (χ0) is 10.3. The van der Waals surface area contributed by atoms with Crippen molar-refractivity contribution in [3.8, 4) is 0 Å². The van der Waals surface area contributed by atoms with E-state index in [1.807, 2.05) is 19.2 Å². The van der Waals surface area contributed by atoms with E-state index in [9.17, 15) is 5.11 Å². The average molecular weight is 191 g/mol. The van der Waals surface area contributed by atoms with Crippen LogP contribution in [0.3, 0.4) is 0 Å². The highest BCUT2D eigenvalue weighted by Gasteiger charge is 2.49. The number of hydrogen-bond acceptors (Lipinski definition) is 2. The van der Waals surface area contributed by atoms with Gasteiger partial charge >= 0.3 is 0 Å². The Kier molecular flexibility index (Phi) is 2.11. The average Bonchev–Trinajstić information content (AvgIpc) is 2.17. The maximum absolute atomic E-state index is 10.4. The van der Waals surface area contributed by atoms with E-state index in [0.29, 0.717) is 11.8 Å². The third-order valence-electron chi connectivity index (χ3n) is 3.61. The Morgan fingerprint density at radius 2 is 2.14 bits per heavy atom. The third kappa shape index (κ3) is 1.25. The number of hydrogen-bond donors (Lipinski definition) is 1. The van der Waals surface area contributed by atoms with Crippen LogP contribution in [0.5, 0.6) is 0 Å². The van der Waals surface area contributed by atoms with Gasteiger partial charge in [0.1, 0.15) is 0 Å². The molecule has 0 amide bonds. The van der Waals surface area contributed by atoms with Gasteiger partial charge in [-0.3, -0.25) is 4.98 Å². The van der Waals surface area contributed by atoms with Gasteiger partial charge < -0.3 is 5.11 Å². The van der Waals surface area contributed by atoms with E-state index in [1.54, 1.807) is 6.20 Å². The van der Waals surface area contributed by atoms with Crippen molar-refractivity contribution in [1.82, 2.24) is 4.98 Å². The quantitative estimate of drug-likeness (QED) is 0.738. The highest BCUT2D eigenvalue weighted by Crippen LogP contribution is 2.50. The molecule has 0 saturated heterocycles. The highest BCUT2D eigenvalue weighted by atomic mass is 16.3. The Hall–Kier alpha value is -0.890. The first-order valence-electron chi connectivity index (χ1n) is 5.18. The van der Waals surface area contributed by atoms with E-state index in [1.165, 1.54) is 0 Å². The summed E-state index contributed by atoms with van der Waals surface area (Å²) in [7, 11) is 0. The fourth-order valence-electron chi connectivity index (χ4n) is 2.34. The molecule has 2 rings (SSSR count). The predicted octanol–water partition coefficient (Wildman–Crippen LogP) is 2.25. The molecular weight excluding hydrogens is 174 g/mol. The Labute approximate surface area is 85.0 Å². The molecule has 1 N–H and O–H groups in total. The van der Waals surface area contributed by atoms with Crippen LogP contribution in [0.2, 0.25) is 0 Å². The molecule has 1 aromatic heterocycles. The van der Waals surface area contributed by atoms with Gasteiger partial charge in [0.15, 0.2) is 0 Å². The minimum atomic E-state index is -0.627. The highest BCUT2D eigenvalue weighted by molar-refractivity contribution is 5.27. The molecule has 0 aromatic carbocycles. The van der Waals surface area contributed by atoms with Gasteiger partial charge in [-0.2, -0.15) is 0 Å². The van der Waals surface area contributed by atoms with Gasteiger partial charge in [-0.25, -0.2) is 0 Å². The summed E-state index contributed by atoms with van der Waals surface area (Å²) in [4.78, 5) is 4.13. The molecule has 0 bridgehead atoms. The summed E-state index contributed by atoms with van der Waals surface area (Å²) < 4.78 is 0. The number of rotatable bonds is 1. The van der Waals surface area contributed by atoms with Gasteiger partial charge in [0, 0.05) is 18.0 Å². The van der Waals surface area contributed by atoms with Crippen molar-refractivity contribution in [2.24, 2.45) is 11.8 Å². The molecule has 1 fully saturated rings. The van der Waals surface area contributed by atoms with Crippen molar-refractivity contribution in [1.29, 1.82) is 0 Å². The molecule has 1 heterocycles. The van der Waals surface area contributed by atoms with Gasteiger partial charge in [0.2, 0.25) is 0 Å². The number of aryl methyl sites for hydroxylation is 1. The first kappa shape index (κ1) is 9.66. The van der Waals surface area contributed by atoms with E-state index >= 15 is 0 Å². The van der Waals surface area contributed by atoms with Gasteiger partial charge in [-0.15, -0.1) is 0 Å². The van der Waals surface area contributed by atoms with E-state index in [4.69, 9.17) is 0 Å². The van der Waals surface area contributed by atoms with Crippen LogP contribution in [0.4, 0.5) is 0 Å². The minimum absolute atomic E-state index is 0.339. The van der Waals surface area contributed by atoms with Gasteiger partial charge in [0.25, 0.3) is 0 Å². The summed E-state index contributed by atoms with van der Waals surface area (Å²) >= 11 is 0. The first-order valence-corrected chi connectivity index (χ1v) is 5.18. The molecule has 0 aliphatic heterocycles. The summed E-state index contributed by atoms with van der Waals surface area (Å²) in [5.74, 6) is 0.951. The molecule has 1 aliphatic carbocycles. The van der Waals surface area contributed by atoms with Crippen molar-refractivity contribution in [3.63, 3.8) is 0 Å². The number of pyridine rings is 1. The summed E-state index contributed by atoms with van der Waals surface area (Å²) in [6.07, 6.45) is 4.47. The van der Waals surface area contributed by atoms with Gasteiger partial charge in [0.05, 0.1) is 5.60 Å². The van der Waals surface area contributed by atoms with Crippen LogP contribution in [-0.4, -0.2) is 10.1 Å². The standard InChI is InChI=1S/C12H17NO/c1-8-4-11(7-13-6-8)12(14)5-9(2)10(12)3/h4,6-7,9-10,14H,5H2,1-3H3. The predicted molar refractivity (Wildman–Crippen MR) is 55.8 cm³/mol. The second-order valence-corrected chi connectivity index (χ2v) is 4.65. The molecule has 76 valence electrons. The lowest BCUT2D eigenvalue weighted by Crippen LogP contribution is -2.48. The third-order valence-corrected chi connectivity index (χ3v) is 3.61. The molecule has 2 heteroatoms. The fraction of sp³-hybridized carbons (Fsp3) is 0.583. The Balaban J connectivity index is 2.32. The van der Waals surface area contributed by atoms with Crippen LogP contribution in [0.1, 0.15) is 31.4 Å². The van der Waals surface area contributed by atoms with Crippen LogP contribution in [-0.2, 0) is 5.60 Å². The second-order valence-electron chi connectivity index (χ2n) is 4.65. The first-order chi connectivity index (χ1) is 6.54. The fourth-order valence-corrected chi connectivity index (χ4v) is 2.34. The van der Waals surface area contributed by atoms with Crippen LogP contribution in [0.25, 0.3) is 0 Å². The molecule has 3 atom stereocenters. The second kappa shape index (κ2) is 3.06. The lowest BCUT2D eigenvalue weighted by molar-refractivity contribution is -0.132. The number of aromatic nitrogens is 1. The minimum Gasteiger partial charge on any atom is -0.385 e. The van der Waals surface area contributed by atoms with Crippen molar-refractivity contribution in [2.75, 3.05) is 0 Å². The number of nitrogens with zero attached hydrogens (tertiary/aromatic N) is 1. The normalized spacial score (nSPS) is 36.6. The largest absolute Gasteiger partial charge is 0.385 e. The van der Waals surface area contributed by atoms with Crippen LogP contribution in [0.15, 0.2) is 18.5 Å². The molecule has 2 nitrogen and oxygen atoms in total. The van der Waals surface area contributed by atoms with Crippen molar-refractivity contribution >= 4 is 0 Å². The SMILES string of the molecule is Cc1cncc(C2(O)CC(C)C2C)c1. The van der Waals surface area contributed by atoms with Crippen molar-refractivity contribution in [2.45, 2.75) is 32.8 Å². The summed E-state index contributed by atoms with van der Waals surface area (Å²) in [5.41, 5.74) is 1.46. The molecule has 1 saturated carbocycles. The van der Waals surface area contributed by atoms with E-state index in [2.05, 4.69) is 18.8 Å². The van der Waals surface area contributed by atoms with E-state index in [-0.39, 0.29) is 0 Å². The molecule has 0 spiro atoms. The van der Waals surface area contributed by atoms with E-state index in [0.717, 1.165) is 17.5 Å². The summed E-state index contributed by atoms with van der Waals surface area (Å²) in [6.45, 7) is 6.30. The summed E-state index contributed by atoms with van der Waals surface area (Å²) in [6, 6.07) is 2.04. The van der Waals surface area contributed by atoms with Gasteiger partial charge in [-0.05, 0) is 30.7 Å². The van der Waals surface area contributed by atoms with E-state index < -0.39 is 5.60 Å². The Morgan fingerprint density at radius 3 is 2.64 bits per heavy atom. The number of aliphatic hydroxyl groups is 1. The molecule has 0 radical (unpaired) electrons. The smallest absolute Gasteiger partial charge is 0.0942 e. The van der Waals surface area contributed by atoms with Crippen LogP contribution < -0.4 is 0 Å². The van der Waals surface area contributed by atoms with Crippen molar-refractivity contribution in [3.05, 3.63) is 29.6 Å². The molecular formula is C12H17NO. The molecule has 1 aromatic rings. The van der Waals surface area contributed by atoms with Crippen LogP contribution in [0, 0.1) is 18.8 Å². The molecule has 1 aliphatic rings. The zero-order valence-electron chi connectivity index (χ0n) is 8.99. The maximum atomic E-state index is 10.4. The lowest BCUT2D eigenvalue weighted by atomic mass is 9.60. The topological polar surface area (TPSA) is 33.1 Å². The Bertz CT molecular complexity index is 350. The Morgan fingerprint density at radius 1 is 1.43 bits per heavy atom. The zero-order valence-corrected chi connectivity index (χ0v) is 8.99. The lowest BCUT2D eigenvalue weighted by Gasteiger charge is -2.49. The van der Waals surface area contributed by atoms with Gasteiger partial charge in [-0.1, -0.05) is 19.9 Å². The summed E-state index contributed by atoms with van der Waals surface area (Å²) in [5, 5.41) is 10.4. The van der Waals surface area contributed by atoms with Crippen LogP contribution >= 0.6 is 0 Å². The molecule has 3 unspecified atom stereocenters.